The third-order valence-corrected chi connectivity index (χ3v) is 2.73. The highest BCUT2D eigenvalue weighted by atomic mass is 35.5. The van der Waals surface area contributed by atoms with Gasteiger partial charge in [-0.05, 0) is 18.6 Å². The molecule has 1 aromatic carbocycles. The van der Waals surface area contributed by atoms with Gasteiger partial charge in [0.2, 0.25) is 0 Å². The number of hydrogen-bond acceptors (Lipinski definition) is 4. The van der Waals surface area contributed by atoms with Crippen LogP contribution in [-0.2, 0) is 4.79 Å². The molecule has 0 heterocycles. The number of nitro groups is 1. The van der Waals surface area contributed by atoms with Crippen LogP contribution in [0.3, 0.4) is 0 Å². The fourth-order valence-electron chi connectivity index (χ4n) is 1.32. The zero-order valence-corrected chi connectivity index (χ0v) is 10.7. The van der Waals surface area contributed by atoms with Crippen LogP contribution < -0.4 is 4.74 Å². The minimum absolute atomic E-state index is 0.0526. The summed E-state index contributed by atoms with van der Waals surface area (Å²) in [4.78, 5) is 21.5. The van der Waals surface area contributed by atoms with E-state index in [0.29, 0.717) is 6.42 Å². The van der Waals surface area contributed by atoms with Crippen molar-refractivity contribution in [2.24, 2.45) is 0 Å². The van der Waals surface area contributed by atoms with Crippen molar-refractivity contribution in [2.45, 2.75) is 31.6 Å². The quantitative estimate of drug-likeness (QED) is 0.262. The van der Waals surface area contributed by atoms with E-state index < -0.39 is 16.3 Å². The predicted octanol–water partition coefficient (Wildman–Crippen LogP) is 3.30. The van der Waals surface area contributed by atoms with Crippen molar-refractivity contribution in [1.82, 2.24) is 0 Å². The molecule has 0 aromatic heterocycles. The molecule has 0 aliphatic carbocycles. The summed E-state index contributed by atoms with van der Waals surface area (Å²) < 4.78 is 5.01. The smallest absolute Gasteiger partial charge is 0.329 e. The standard InChI is InChI=1S/C12H14ClNO4/c1-2-3-4-11(13)12(15)18-10-7-5-9(6-8-10)14(16)17/h5-8,11H,2-4H2,1H3. The summed E-state index contributed by atoms with van der Waals surface area (Å²) in [6, 6.07) is 5.30. The maximum absolute atomic E-state index is 11.5. The Bertz CT molecular complexity index is 419. The van der Waals surface area contributed by atoms with Crippen LogP contribution in [0.4, 0.5) is 5.69 Å². The molecule has 98 valence electrons. The maximum Gasteiger partial charge on any atom is 0.329 e. The number of hydrogen-bond donors (Lipinski definition) is 0. The van der Waals surface area contributed by atoms with Crippen molar-refractivity contribution in [3.8, 4) is 5.75 Å². The number of esters is 1. The number of unbranched alkanes of at least 4 members (excludes halogenated alkanes) is 1. The molecule has 0 N–H and O–H groups in total. The zero-order valence-electron chi connectivity index (χ0n) is 9.97. The van der Waals surface area contributed by atoms with Gasteiger partial charge in [0.25, 0.3) is 5.69 Å². The molecule has 0 saturated heterocycles. The molecule has 18 heavy (non-hydrogen) atoms. The maximum atomic E-state index is 11.5. The lowest BCUT2D eigenvalue weighted by Gasteiger charge is -2.08. The van der Waals surface area contributed by atoms with Gasteiger partial charge in [0.1, 0.15) is 11.1 Å². The van der Waals surface area contributed by atoms with Crippen molar-refractivity contribution in [1.29, 1.82) is 0 Å². The number of alkyl halides is 1. The van der Waals surface area contributed by atoms with E-state index in [1.807, 2.05) is 6.92 Å². The number of non-ortho nitro benzene ring substituents is 1. The van der Waals surface area contributed by atoms with Gasteiger partial charge in [-0.1, -0.05) is 19.8 Å². The molecule has 1 aromatic rings. The van der Waals surface area contributed by atoms with Gasteiger partial charge in [-0.2, -0.15) is 0 Å². The van der Waals surface area contributed by atoms with Crippen LogP contribution in [0.25, 0.3) is 0 Å². The van der Waals surface area contributed by atoms with Crippen molar-refractivity contribution in [3.63, 3.8) is 0 Å². The highest BCUT2D eigenvalue weighted by Crippen LogP contribution is 2.19. The minimum atomic E-state index is -0.680. The van der Waals surface area contributed by atoms with Crippen LogP contribution in [0.15, 0.2) is 24.3 Å². The third-order valence-electron chi connectivity index (χ3n) is 2.33. The molecule has 0 spiro atoms. The number of halogens is 1. The van der Waals surface area contributed by atoms with Crippen LogP contribution >= 0.6 is 11.6 Å². The molecule has 0 bridgehead atoms. The molecule has 6 heteroatoms. The average Bonchev–Trinajstić information content (AvgIpc) is 2.36. The van der Waals surface area contributed by atoms with Gasteiger partial charge in [0.05, 0.1) is 4.92 Å². The molecule has 1 rings (SSSR count). The van der Waals surface area contributed by atoms with E-state index in [9.17, 15) is 14.9 Å². The lowest BCUT2D eigenvalue weighted by Crippen LogP contribution is -2.20. The largest absolute Gasteiger partial charge is 0.425 e. The fourth-order valence-corrected chi connectivity index (χ4v) is 1.52. The summed E-state index contributed by atoms with van der Waals surface area (Å²) in [6.45, 7) is 2.01. The van der Waals surface area contributed by atoms with Gasteiger partial charge < -0.3 is 4.74 Å². The van der Waals surface area contributed by atoms with Gasteiger partial charge in [-0.15, -0.1) is 11.6 Å². The topological polar surface area (TPSA) is 69.4 Å². The number of ether oxygens (including phenoxy) is 1. The van der Waals surface area contributed by atoms with Crippen LogP contribution in [0.2, 0.25) is 0 Å². The first-order valence-corrected chi connectivity index (χ1v) is 6.08. The second-order valence-corrected chi connectivity index (χ2v) is 4.31. The first kappa shape index (κ1) is 14.4. The van der Waals surface area contributed by atoms with Crippen LogP contribution in [0, 0.1) is 10.1 Å². The van der Waals surface area contributed by atoms with Crippen molar-refractivity contribution in [3.05, 3.63) is 34.4 Å². The molecule has 0 amide bonds. The predicted molar refractivity (Wildman–Crippen MR) is 67.9 cm³/mol. The van der Waals surface area contributed by atoms with Gasteiger partial charge >= 0.3 is 5.97 Å². The molecule has 0 saturated carbocycles. The average molecular weight is 272 g/mol. The highest BCUT2D eigenvalue weighted by molar-refractivity contribution is 6.30. The summed E-state index contributed by atoms with van der Waals surface area (Å²) >= 11 is 5.86. The van der Waals surface area contributed by atoms with Crippen LogP contribution in [0.5, 0.6) is 5.75 Å². The minimum Gasteiger partial charge on any atom is -0.425 e. The monoisotopic (exact) mass is 271 g/mol. The van der Waals surface area contributed by atoms with E-state index in [2.05, 4.69) is 0 Å². The second kappa shape index (κ2) is 6.96. The molecule has 0 aliphatic rings. The van der Waals surface area contributed by atoms with E-state index in [4.69, 9.17) is 16.3 Å². The normalized spacial score (nSPS) is 11.9. The summed E-state index contributed by atoms with van der Waals surface area (Å²) in [5, 5.41) is 9.76. The Kier molecular flexibility index (Phi) is 5.58. The van der Waals surface area contributed by atoms with Crippen LogP contribution in [-0.4, -0.2) is 16.3 Å². The van der Waals surface area contributed by atoms with E-state index in [1.165, 1.54) is 24.3 Å². The summed E-state index contributed by atoms with van der Waals surface area (Å²) in [7, 11) is 0. The number of benzene rings is 1. The Labute approximate surface area is 110 Å². The fraction of sp³-hybridized carbons (Fsp3) is 0.417. The molecule has 1 atom stereocenters. The van der Waals surface area contributed by atoms with E-state index in [1.54, 1.807) is 0 Å². The summed E-state index contributed by atoms with van der Waals surface area (Å²) in [5.74, 6) is -0.272. The van der Waals surface area contributed by atoms with Crippen molar-refractivity contribution >= 4 is 23.3 Å². The van der Waals surface area contributed by atoms with E-state index in [-0.39, 0.29) is 11.4 Å². The summed E-state index contributed by atoms with van der Waals surface area (Å²) in [6.07, 6.45) is 2.36. The van der Waals surface area contributed by atoms with Crippen molar-refractivity contribution < 1.29 is 14.5 Å². The van der Waals surface area contributed by atoms with E-state index in [0.717, 1.165) is 12.8 Å². The Balaban J connectivity index is 2.56. The zero-order chi connectivity index (χ0) is 13.5. The van der Waals surface area contributed by atoms with E-state index >= 15 is 0 Å². The third kappa shape index (κ3) is 4.33. The van der Waals surface area contributed by atoms with Gasteiger partial charge in [-0.25, -0.2) is 0 Å². The first-order valence-electron chi connectivity index (χ1n) is 5.64. The Hall–Kier alpha value is -1.62. The Morgan fingerprint density at radius 2 is 2.06 bits per heavy atom. The second-order valence-electron chi connectivity index (χ2n) is 3.78. The van der Waals surface area contributed by atoms with Gasteiger partial charge in [0.15, 0.2) is 0 Å². The molecule has 0 radical (unpaired) electrons. The Morgan fingerprint density at radius 1 is 1.44 bits per heavy atom. The molecule has 0 fully saturated rings. The number of rotatable bonds is 6. The lowest BCUT2D eigenvalue weighted by atomic mass is 10.2. The number of carbonyl (C=O) groups excluding carboxylic acids is 1. The number of nitrogens with zero attached hydrogens (tertiary/aromatic N) is 1. The first-order chi connectivity index (χ1) is 8.54. The molecular formula is C12H14ClNO4. The molecule has 0 aliphatic heterocycles. The molecule has 5 nitrogen and oxygen atoms in total. The van der Waals surface area contributed by atoms with Gasteiger partial charge in [0, 0.05) is 12.1 Å². The molecular weight excluding hydrogens is 258 g/mol. The molecule has 1 unspecified atom stereocenters. The van der Waals surface area contributed by atoms with Crippen molar-refractivity contribution in [2.75, 3.05) is 0 Å². The SMILES string of the molecule is CCCCC(Cl)C(=O)Oc1ccc([N+](=O)[O-])cc1. The summed E-state index contributed by atoms with van der Waals surface area (Å²) in [5.41, 5.74) is -0.0526. The van der Waals surface area contributed by atoms with Gasteiger partial charge in [-0.3, -0.25) is 14.9 Å². The number of nitro benzene ring substituents is 1. The van der Waals surface area contributed by atoms with Crippen LogP contribution in [0.1, 0.15) is 26.2 Å². The Morgan fingerprint density at radius 3 is 2.56 bits per heavy atom. The number of carbonyl (C=O) groups is 1. The lowest BCUT2D eigenvalue weighted by molar-refractivity contribution is -0.384. The highest BCUT2D eigenvalue weighted by Gasteiger charge is 2.17.